The first-order valence-corrected chi connectivity index (χ1v) is 18.2. The van der Waals surface area contributed by atoms with E-state index in [0.717, 1.165) is 0 Å². The highest BCUT2D eigenvalue weighted by molar-refractivity contribution is 7.25. The van der Waals surface area contributed by atoms with E-state index in [2.05, 4.69) is 170 Å². The first-order valence-electron chi connectivity index (χ1n) is 17.4. The van der Waals surface area contributed by atoms with E-state index in [-0.39, 0.29) is 0 Å². The predicted octanol–water partition coefficient (Wildman–Crippen LogP) is 13.5. The van der Waals surface area contributed by atoms with Gasteiger partial charge < -0.3 is 0 Å². The summed E-state index contributed by atoms with van der Waals surface area (Å²) in [6.07, 6.45) is 0. The van der Waals surface area contributed by atoms with Crippen molar-refractivity contribution < 1.29 is 0 Å². The van der Waals surface area contributed by atoms with Gasteiger partial charge in [-0.1, -0.05) is 140 Å². The number of hydrogen-bond donors (Lipinski definition) is 0. The van der Waals surface area contributed by atoms with Gasteiger partial charge in [0.1, 0.15) is 0 Å². The zero-order chi connectivity index (χ0) is 32.6. The van der Waals surface area contributed by atoms with Crippen molar-refractivity contribution in [2.45, 2.75) is 5.41 Å². The minimum atomic E-state index is -0.423. The molecule has 10 aromatic rings. The van der Waals surface area contributed by atoms with E-state index in [1.807, 2.05) is 11.3 Å². The van der Waals surface area contributed by atoms with E-state index in [1.165, 1.54) is 108 Å². The topological polar surface area (TPSA) is 0 Å². The average Bonchev–Trinajstić information content (AvgIpc) is 3.81. The monoisotopic (exact) mass is 648 g/mol. The largest absolute Gasteiger partial charge is 0.135 e. The summed E-state index contributed by atoms with van der Waals surface area (Å²) in [5.74, 6) is 0. The molecule has 1 aromatic heterocycles. The van der Waals surface area contributed by atoms with Crippen LogP contribution in [0.2, 0.25) is 0 Å². The Morgan fingerprint density at radius 3 is 1.60 bits per heavy atom. The van der Waals surface area contributed by atoms with Gasteiger partial charge in [-0.15, -0.1) is 11.3 Å². The third-order valence-corrected chi connectivity index (χ3v) is 12.8. The molecule has 12 rings (SSSR count). The van der Waals surface area contributed by atoms with Gasteiger partial charge in [0.25, 0.3) is 0 Å². The van der Waals surface area contributed by atoms with Crippen LogP contribution in [0.5, 0.6) is 0 Å². The standard InChI is InChI=1S/C49H28S/c1-3-14-33-31(12-1)32-13-2-4-15-34(32)39-28-45-40(27-38(33)39)35-16-5-8-20-42(35)49(45)43-21-9-6-18-37(43)48-30(19-11-22-44(48)49)29-24-25-47-41(26-29)36-17-7-10-23-46(36)50-47/h1-28H. The van der Waals surface area contributed by atoms with Crippen LogP contribution in [0.3, 0.4) is 0 Å². The van der Waals surface area contributed by atoms with Crippen molar-refractivity contribution in [2.24, 2.45) is 0 Å². The molecule has 0 amide bonds. The van der Waals surface area contributed by atoms with E-state index >= 15 is 0 Å². The molecule has 0 saturated heterocycles. The molecule has 1 spiro atoms. The third-order valence-electron chi connectivity index (χ3n) is 11.7. The Morgan fingerprint density at radius 1 is 0.300 bits per heavy atom. The van der Waals surface area contributed by atoms with Crippen molar-refractivity contribution >= 4 is 63.8 Å². The van der Waals surface area contributed by atoms with Crippen molar-refractivity contribution in [3.63, 3.8) is 0 Å². The summed E-state index contributed by atoms with van der Waals surface area (Å²) in [5, 5.41) is 10.6. The van der Waals surface area contributed by atoms with Crippen LogP contribution in [0.15, 0.2) is 170 Å². The molecule has 0 radical (unpaired) electrons. The molecular formula is C49H28S. The van der Waals surface area contributed by atoms with Gasteiger partial charge >= 0.3 is 0 Å². The predicted molar refractivity (Wildman–Crippen MR) is 214 cm³/mol. The number of rotatable bonds is 1. The summed E-state index contributed by atoms with van der Waals surface area (Å²) in [5.41, 5.74) is 13.0. The Labute approximate surface area is 293 Å². The average molecular weight is 649 g/mol. The van der Waals surface area contributed by atoms with Gasteiger partial charge in [-0.05, 0) is 118 Å². The summed E-state index contributed by atoms with van der Waals surface area (Å²) >= 11 is 1.88. The zero-order valence-corrected chi connectivity index (χ0v) is 27.9. The second-order valence-corrected chi connectivity index (χ2v) is 15.0. The van der Waals surface area contributed by atoms with Gasteiger partial charge in [0, 0.05) is 20.2 Å². The highest BCUT2D eigenvalue weighted by Crippen LogP contribution is 2.64. The number of fused-ring (bicyclic) bond motifs is 19. The maximum atomic E-state index is 2.56. The van der Waals surface area contributed by atoms with Crippen molar-refractivity contribution in [1.29, 1.82) is 0 Å². The molecule has 1 unspecified atom stereocenters. The SMILES string of the molecule is c1ccc2c(c1)-c1cc3c4ccccc4c4ccccc4c3cc1C21c2ccccc2-c2c(-c3ccc4sc5ccccc5c4c3)cccc21. The molecule has 2 aliphatic carbocycles. The Balaban J connectivity index is 1.22. The van der Waals surface area contributed by atoms with Crippen molar-refractivity contribution in [1.82, 2.24) is 0 Å². The lowest BCUT2D eigenvalue weighted by molar-refractivity contribution is 0.795. The summed E-state index contributed by atoms with van der Waals surface area (Å²) in [6, 6.07) is 64.3. The van der Waals surface area contributed by atoms with Gasteiger partial charge in [-0.3, -0.25) is 0 Å². The number of benzene rings is 9. The molecule has 2 aliphatic rings. The molecule has 9 aromatic carbocycles. The van der Waals surface area contributed by atoms with Crippen LogP contribution in [-0.2, 0) is 5.41 Å². The molecule has 0 fully saturated rings. The van der Waals surface area contributed by atoms with Crippen LogP contribution in [0.4, 0.5) is 0 Å². The minimum Gasteiger partial charge on any atom is -0.135 e. The summed E-state index contributed by atoms with van der Waals surface area (Å²) in [7, 11) is 0. The van der Waals surface area contributed by atoms with Crippen molar-refractivity contribution in [2.75, 3.05) is 0 Å². The first-order chi connectivity index (χ1) is 24.8. The number of hydrogen-bond acceptors (Lipinski definition) is 1. The summed E-state index contributed by atoms with van der Waals surface area (Å²) < 4.78 is 2.68. The highest BCUT2D eigenvalue weighted by Gasteiger charge is 2.52. The second-order valence-electron chi connectivity index (χ2n) is 13.9. The quantitative estimate of drug-likeness (QED) is 0.155. The van der Waals surface area contributed by atoms with E-state index in [4.69, 9.17) is 0 Å². The molecule has 1 heterocycles. The fraction of sp³-hybridized carbons (Fsp3) is 0.0204. The Bertz CT molecular complexity index is 3100. The molecule has 0 aliphatic heterocycles. The zero-order valence-electron chi connectivity index (χ0n) is 27.1. The molecule has 0 saturated carbocycles. The summed E-state index contributed by atoms with van der Waals surface area (Å²) in [4.78, 5) is 0. The van der Waals surface area contributed by atoms with Crippen LogP contribution in [0.1, 0.15) is 22.3 Å². The van der Waals surface area contributed by atoms with Crippen LogP contribution >= 0.6 is 11.3 Å². The molecule has 0 N–H and O–H groups in total. The van der Waals surface area contributed by atoms with Crippen LogP contribution in [-0.4, -0.2) is 0 Å². The Morgan fingerprint density at radius 2 is 0.840 bits per heavy atom. The van der Waals surface area contributed by atoms with Crippen LogP contribution < -0.4 is 0 Å². The van der Waals surface area contributed by atoms with E-state index in [0.29, 0.717) is 0 Å². The van der Waals surface area contributed by atoms with Crippen LogP contribution in [0, 0.1) is 0 Å². The third kappa shape index (κ3) is 3.22. The van der Waals surface area contributed by atoms with Gasteiger partial charge in [0.2, 0.25) is 0 Å². The molecule has 230 valence electrons. The fourth-order valence-corrected chi connectivity index (χ4v) is 10.8. The maximum Gasteiger partial charge on any atom is 0.0725 e. The van der Waals surface area contributed by atoms with Gasteiger partial charge in [0.15, 0.2) is 0 Å². The Kier molecular flexibility index (Phi) is 5.14. The van der Waals surface area contributed by atoms with Gasteiger partial charge in [-0.25, -0.2) is 0 Å². The molecule has 1 atom stereocenters. The van der Waals surface area contributed by atoms with Crippen LogP contribution in [0.25, 0.3) is 85.9 Å². The minimum absolute atomic E-state index is 0.423. The first kappa shape index (κ1) is 26.9. The highest BCUT2D eigenvalue weighted by atomic mass is 32.1. The second kappa shape index (κ2) is 9.57. The molecule has 50 heavy (non-hydrogen) atoms. The molecule has 0 nitrogen and oxygen atoms in total. The molecule has 1 heteroatoms. The van der Waals surface area contributed by atoms with Crippen molar-refractivity contribution in [3.8, 4) is 33.4 Å². The van der Waals surface area contributed by atoms with Gasteiger partial charge in [0.05, 0.1) is 5.41 Å². The fourth-order valence-electron chi connectivity index (χ4n) is 9.72. The van der Waals surface area contributed by atoms with Gasteiger partial charge in [-0.2, -0.15) is 0 Å². The van der Waals surface area contributed by atoms with Crippen molar-refractivity contribution in [3.05, 3.63) is 192 Å². The maximum absolute atomic E-state index is 2.56. The molecular weight excluding hydrogens is 621 g/mol. The van der Waals surface area contributed by atoms with E-state index < -0.39 is 5.41 Å². The summed E-state index contributed by atoms with van der Waals surface area (Å²) in [6.45, 7) is 0. The van der Waals surface area contributed by atoms with E-state index in [1.54, 1.807) is 0 Å². The lowest BCUT2D eigenvalue weighted by Gasteiger charge is -2.31. The lowest BCUT2D eigenvalue weighted by atomic mass is 9.70. The number of thiophene rings is 1. The Hall–Kier alpha value is -6.02. The smallest absolute Gasteiger partial charge is 0.0725 e. The normalized spacial score (nSPS) is 15.7. The molecule has 0 bridgehead atoms. The lowest BCUT2D eigenvalue weighted by Crippen LogP contribution is -2.25. The van der Waals surface area contributed by atoms with E-state index in [9.17, 15) is 0 Å².